The number of carbonyl (C=O) groups excluding carboxylic acids is 1. The van der Waals surface area contributed by atoms with Crippen molar-refractivity contribution in [3.8, 4) is 0 Å². The maximum absolute atomic E-state index is 11.6. The van der Waals surface area contributed by atoms with Crippen molar-refractivity contribution in [1.82, 2.24) is 0 Å². The number of ether oxygens (including phenoxy) is 1. The van der Waals surface area contributed by atoms with Crippen LogP contribution in [0.4, 0.5) is 0 Å². The lowest BCUT2D eigenvalue weighted by atomic mass is 9.75. The molecule has 2 aromatic carbocycles. The molecule has 2 aromatic rings. The lowest BCUT2D eigenvalue weighted by Gasteiger charge is -2.31. The summed E-state index contributed by atoms with van der Waals surface area (Å²) in [5.41, 5.74) is 3.41. The van der Waals surface area contributed by atoms with Crippen LogP contribution in [0, 0.1) is 11.8 Å². The van der Waals surface area contributed by atoms with Crippen LogP contribution >= 0.6 is 0 Å². The van der Waals surface area contributed by atoms with Crippen LogP contribution in [-0.2, 0) is 16.0 Å². The molecular weight excluding hydrogens is 444 g/mol. The average Bonchev–Trinajstić information content (AvgIpc) is 2.88. The van der Waals surface area contributed by atoms with Gasteiger partial charge in [0, 0.05) is 12.2 Å². The Bertz CT molecular complexity index is 955. The topological polar surface area (TPSA) is 46.5 Å². The molecule has 1 fully saturated rings. The number of aryl methyl sites for hydroxylation is 1. The number of rotatable bonds is 15. The van der Waals surface area contributed by atoms with Crippen LogP contribution in [0.5, 0.6) is 0 Å². The van der Waals surface area contributed by atoms with Crippen molar-refractivity contribution < 1.29 is 14.6 Å². The second-order valence-corrected chi connectivity index (χ2v) is 11.1. The number of esters is 1. The van der Waals surface area contributed by atoms with Gasteiger partial charge in [0.15, 0.2) is 0 Å². The second-order valence-electron chi connectivity index (χ2n) is 11.1. The number of fused-ring (bicyclic) bond motifs is 1. The third-order valence-corrected chi connectivity index (χ3v) is 8.13. The predicted octanol–water partition coefficient (Wildman–Crippen LogP) is 8.52. The number of unbranched alkanes of at least 4 members (excludes halogenated alkanes) is 4. The van der Waals surface area contributed by atoms with Gasteiger partial charge in [-0.25, -0.2) is 4.79 Å². The zero-order valence-electron chi connectivity index (χ0n) is 22.8. The van der Waals surface area contributed by atoms with Gasteiger partial charge in [-0.1, -0.05) is 75.6 Å². The number of carbonyl (C=O) groups is 1. The Morgan fingerprint density at radius 1 is 1.00 bits per heavy atom. The fourth-order valence-corrected chi connectivity index (χ4v) is 5.86. The van der Waals surface area contributed by atoms with Crippen LogP contribution < -0.4 is 0 Å². The minimum absolute atomic E-state index is 0.201. The molecule has 1 aliphatic rings. The fraction of sp³-hybridized carbons (Fsp3) is 0.606. The summed E-state index contributed by atoms with van der Waals surface area (Å²) in [5, 5.41) is 12.3. The summed E-state index contributed by atoms with van der Waals surface area (Å²) < 4.78 is 5.30. The fourth-order valence-electron chi connectivity index (χ4n) is 5.86. The number of aliphatic hydroxyl groups excluding tert-OH is 1. The molecule has 3 heteroatoms. The molecule has 3 nitrogen and oxygen atoms in total. The summed E-state index contributed by atoms with van der Waals surface area (Å²) in [6, 6.07) is 14.2. The molecule has 0 bridgehead atoms. The molecule has 0 amide bonds. The number of hydrogen-bond donors (Lipinski definition) is 1. The van der Waals surface area contributed by atoms with Gasteiger partial charge in [0.1, 0.15) is 0 Å². The molecule has 1 saturated carbocycles. The zero-order chi connectivity index (χ0) is 25.8. The molecule has 0 heterocycles. The van der Waals surface area contributed by atoms with Crippen molar-refractivity contribution in [2.24, 2.45) is 11.8 Å². The maximum Gasteiger partial charge on any atom is 0.333 e. The summed E-state index contributed by atoms with van der Waals surface area (Å²) in [6.45, 7) is 8.21. The van der Waals surface area contributed by atoms with Gasteiger partial charge in [-0.05, 0) is 104 Å². The van der Waals surface area contributed by atoms with Gasteiger partial charge >= 0.3 is 5.97 Å². The van der Waals surface area contributed by atoms with Crippen LogP contribution in [0.25, 0.3) is 10.8 Å². The molecule has 0 spiro atoms. The summed E-state index contributed by atoms with van der Waals surface area (Å²) in [5.74, 6) is 1.45. The van der Waals surface area contributed by atoms with Crippen molar-refractivity contribution in [2.45, 2.75) is 103 Å². The molecule has 3 rings (SSSR count). The Morgan fingerprint density at radius 2 is 1.72 bits per heavy atom. The smallest absolute Gasteiger partial charge is 0.333 e. The van der Waals surface area contributed by atoms with E-state index in [0.29, 0.717) is 29.9 Å². The maximum atomic E-state index is 11.6. The molecule has 0 aromatic heterocycles. The summed E-state index contributed by atoms with van der Waals surface area (Å²) in [6.07, 6.45) is 15.6. The predicted molar refractivity (Wildman–Crippen MR) is 151 cm³/mol. The minimum atomic E-state index is -0.313. The van der Waals surface area contributed by atoms with Gasteiger partial charge < -0.3 is 9.84 Å². The van der Waals surface area contributed by atoms with Gasteiger partial charge in [-0.2, -0.15) is 0 Å². The van der Waals surface area contributed by atoms with Crippen molar-refractivity contribution in [2.75, 3.05) is 13.2 Å². The molecule has 0 radical (unpaired) electrons. The third-order valence-electron chi connectivity index (χ3n) is 8.13. The summed E-state index contributed by atoms with van der Waals surface area (Å²) >= 11 is 0. The lowest BCUT2D eigenvalue weighted by Crippen LogP contribution is -2.19. The zero-order valence-corrected chi connectivity index (χ0v) is 22.8. The summed E-state index contributed by atoms with van der Waals surface area (Å²) in [4.78, 5) is 11.6. The van der Waals surface area contributed by atoms with E-state index in [0.717, 1.165) is 19.3 Å². The Morgan fingerprint density at radius 3 is 2.44 bits per heavy atom. The Balaban J connectivity index is 1.47. The van der Waals surface area contributed by atoms with E-state index in [-0.39, 0.29) is 12.6 Å². The highest BCUT2D eigenvalue weighted by Crippen LogP contribution is 2.39. The molecule has 0 saturated heterocycles. The number of aliphatic hydroxyl groups is 1. The third kappa shape index (κ3) is 9.07. The number of hydrogen-bond acceptors (Lipinski definition) is 3. The van der Waals surface area contributed by atoms with Crippen molar-refractivity contribution in [3.63, 3.8) is 0 Å². The van der Waals surface area contributed by atoms with Crippen molar-refractivity contribution in [1.29, 1.82) is 0 Å². The quantitative estimate of drug-likeness (QED) is 0.154. The van der Waals surface area contributed by atoms with Crippen LogP contribution in [0.2, 0.25) is 0 Å². The Hall–Kier alpha value is -2.13. The van der Waals surface area contributed by atoms with E-state index in [1.165, 1.54) is 86.1 Å². The highest BCUT2D eigenvalue weighted by Gasteiger charge is 2.25. The molecule has 36 heavy (non-hydrogen) atoms. The number of benzene rings is 2. The monoisotopic (exact) mass is 492 g/mol. The van der Waals surface area contributed by atoms with Gasteiger partial charge in [0.2, 0.25) is 0 Å². The molecule has 198 valence electrons. The van der Waals surface area contributed by atoms with Gasteiger partial charge in [0.05, 0.1) is 6.61 Å². The van der Waals surface area contributed by atoms with Crippen LogP contribution in [-0.4, -0.2) is 24.3 Å². The van der Waals surface area contributed by atoms with E-state index < -0.39 is 0 Å². The second kappa shape index (κ2) is 15.2. The van der Waals surface area contributed by atoms with E-state index in [2.05, 4.69) is 49.9 Å². The standard InChI is InChI=1S/C33H48O3/c1-4-5-6-7-8-9-26-12-15-32-24-31(17-16-30(32)23-26)29-13-10-27(11-14-29)22-28(18-20-34)19-21-36-33(35)25(2)3/h12,15-17,23-24,27-29,34H,2,4-11,13-14,18-22H2,1,3H3. The first-order valence-corrected chi connectivity index (χ1v) is 14.5. The van der Waals surface area contributed by atoms with Gasteiger partial charge in [-0.15, -0.1) is 0 Å². The largest absolute Gasteiger partial charge is 0.462 e. The van der Waals surface area contributed by atoms with Crippen LogP contribution in [0.15, 0.2) is 48.6 Å². The van der Waals surface area contributed by atoms with E-state index in [4.69, 9.17) is 4.74 Å². The van der Waals surface area contributed by atoms with Crippen LogP contribution in [0.1, 0.15) is 108 Å². The first-order chi connectivity index (χ1) is 17.5. The molecule has 1 unspecified atom stereocenters. The van der Waals surface area contributed by atoms with E-state index in [9.17, 15) is 9.90 Å². The van der Waals surface area contributed by atoms with E-state index in [1.54, 1.807) is 6.92 Å². The lowest BCUT2D eigenvalue weighted by molar-refractivity contribution is -0.139. The molecule has 1 atom stereocenters. The van der Waals surface area contributed by atoms with Crippen LogP contribution in [0.3, 0.4) is 0 Å². The molecule has 1 aliphatic carbocycles. The van der Waals surface area contributed by atoms with E-state index in [1.807, 2.05) is 0 Å². The average molecular weight is 493 g/mol. The van der Waals surface area contributed by atoms with Gasteiger partial charge in [0.25, 0.3) is 0 Å². The van der Waals surface area contributed by atoms with Crippen molar-refractivity contribution >= 4 is 16.7 Å². The molecular formula is C33H48O3. The first kappa shape index (κ1) is 28.4. The Labute approximate surface area is 219 Å². The molecule has 1 N–H and O–H groups in total. The summed E-state index contributed by atoms with van der Waals surface area (Å²) in [7, 11) is 0. The minimum Gasteiger partial charge on any atom is -0.462 e. The highest BCUT2D eigenvalue weighted by molar-refractivity contribution is 5.87. The SMILES string of the molecule is C=C(C)C(=O)OCCC(CCO)CC1CCC(c2ccc3cc(CCCCCCC)ccc3c2)CC1. The Kier molecular flexibility index (Phi) is 12.0. The van der Waals surface area contributed by atoms with Crippen molar-refractivity contribution in [3.05, 3.63) is 59.7 Å². The first-order valence-electron chi connectivity index (χ1n) is 14.5. The molecule has 0 aliphatic heterocycles. The normalized spacial score (nSPS) is 18.8. The highest BCUT2D eigenvalue weighted by atomic mass is 16.5. The van der Waals surface area contributed by atoms with Gasteiger partial charge in [-0.3, -0.25) is 0 Å². The van der Waals surface area contributed by atoms with E-state index >= 15 is 0 Å².